The molecule has 2 amide bonds. The lowest BCUT2D eigenvalue weighted by molar-refractivity contribution is -0.121. The molecule has 0 bridgehead atoms. The van der Waals surface area contributed by atoms with Crippen LogP contribution in [0.4, 0.5) is 0 Å². The van der Waals surface area contributed by atoms with E-state index in [4.69, 9.17) is 0 Å². The Hall–Kier alpha value is -3.04. The first kappa shape index (κ1) is 23.6. The summed E-state index contributed by atoms with van der Waals surface area (Å²) in [6.07, 6.45) is 2.53. The Bertz CT molecular complexity index is 1070. The second-order valence-corrected chi connectivity index (χ2v) is 9.55. The van der Waals surface area contributed by atoms with Crippen LogP contribution >= 0.6 is 0 Å². The molecule has 0 atom stereocenters. The average molecular weight is 458 g/mol. The lowest BCUT2D eigenvalue weighted by Gasteiger charge is -2.15. The van der Waals surface area contributed by atoms with Crippen LogP contribution in [0.1, 0.15) is 58.9 Å². The number of hydrogen-bond acceptors (Lipinski definition) is 5. The quantitative estimate of drug-likeness (QED) is 0.467. The van der Waals surface area contributed by atoms with E-state index in [1.54, 1.807) is 12.1 Å². The van der Waals surface area contributed by atoms with Crippen molar-refractivity contribution in [2.24, 2.45) is 0 Å². The molecule has 0 aliphatic carbocycles. The van der Waals surface area contributed by atoms with Crippen molar-refractivity contribution >= 4 is 27.6 Å². The molecule has 1 aliphatic heterocycles. The SMILES string of the molecule is CCc1ccc(C(=O)CCC(=O)NNC(=O)c2ccc(S(=O)(=O)N3CCCC3)cc2)cc1. The van der Waals surface area contributed by atoms with E-state index in [0.29, 0.717) is 18.7 Å². The van der Waals surface area contributed by atoms with Gasteiger partial charge in [0.1, 0.15) is 0 Å². The number of aryl methyl sites for hydroxylation is 1. The Morgan fingerprint density at radius 1 is 0.844 bits per heavy atom. The van der Waals surface area contributed by atoms with Crippen molar-refractivity contribution in [3.8, 4) is 0 Å². The number of benzene rings is 2. The van der Waals surface area contributed by atoms with Crippen molar-refractivity contribution in [3.63, 3.8) is 0 Å². The third-order valence-electron chi connectivity index (χ3n) is 5.40. The Morgan fingerprint density at radius 3 is 2.03 bits per heavy atom. The maximum Gasteiger partial charge on any atom is 0.269 e. The van der Waals surface area contributed by atoms with Crippen LogP contribution in [0, 0.1) is 0 Å². The molecule has 0 saturated carbocycles. The van der Waals surface area contributed by atoms with Crippen LogP contribution in [0.5, 0.6) is 0 Å². The van der Waals surface area contributed by atoms with Gasteiger partial charge in [-0.3, -0.25) is 25.2 Å². The van der Waals surface area contributed by atoms with E-state index in [1.807, 2.05) is 19.1 Å². The second-order valence-electron chi connectivity index (χ2n) is 7.61. The van der Waals surface area contributed by atoms with Crippen molar-refractivity contribution in [1.29, 1.82) is 0 Å². The van der Waals surface area contributed by atoms with E-state index in [1.165, 1.54) is 28.6 Å². The highest BCUT2D eigenvalue weighted by molar-refractivity contribution is 7.89. The number of Topliss-reactive ketones (excluding diaryl/α,β-unsaturated/α-hetero) is 1. The number of ketones is 1. The van der Waals surface area contributed by atoms with Gasteiger partial charge in [-0.25, -0.2) is 8.42 Å². The van der Waals surface area contributed by atoms with Gasteiger partial charge < -0.3 is 0 Å². The fourth-order valence-electron chi connectivity index (χ4n) is 3.41. The van der Waals surface area contributed by atoms with E-state index in [0.717, 1.165) is 24.8 Å². The van der Waals surface area contributed by atoms with E-state index in [9.17, 15) is 22.8 Å². The third-order valence-corrected chi connectivity index (χ3v) is 7.31. The van der Waals surface area contributed by atoms with Gasteiger partial charge in [-0.2, -0.15) is 4.31 Å². The van der Waals surface area contributed by atoms with Crippen LogP contribution < -0.4 is 10.9 Å². The van der Waals surface area contributed by atoms with Crippen LogP contribution in [-0.4, -0.2) is 43.4 Å². The molecule has 32 heavy (non-hydrogen) atoms. The summed E-state index contributed by atoms with van der Waals surface area (Å²) in [4.78, 5) is 36.5. The summed E-state index contributed by atoms with van der Waals surface area (Å²) in [7, 11) is -3.55. The highest BCUT2D eigenvalue weighted by Crippen LogP contribution is 2.21. The summed E-state index contributed by atoms with van der Waals surface area (Å²) in [6, 6.07) is 12.8. The Morgan fingerprint density at radius 2 is 1.44 bits per heavy atom. The highest BCUT2D eigenvalue weighted by atomic mass is 32.2. The minimum Gasteiger partial charge on any atom is -0.294 e. The standard InChI is InChI=1S/C23H27N3O5S/c1-2-17-5-7-18(8-6-17)21(27)13-14-22(28)24-25-23(29)19-9-11-20(12-10-19)32(30,31)26-15-3-4-16-26/h5-12H,2-4,13-16H2,1H3,(H,24,28)(H,25,29). The zero-order valence-corrected chi connectivity index (χ0v) is 18.8. The van der Waals surface area contributed by atoms with Gasteiger partial charge in [0, 0.05) is 37.1 Å². The van der Waals surface area contributed by atoms with Gasteiger partial charge in [0.05, 0.1) is 4.90 Å². The van der Waals surface area contributed by atoms with E-state index in [-0.39, 0.29) is 29.1 Å². The molecule has 1 fully saturated rings. The van der Waals surface area contributed by atoms with Crippen molar-refractivity contribution in [3.05, 3.63) is 65.2 Å². The number of hydrazine groups is 1. The predicted octanol–water partition coefficient (Wildman–Crippen LogP) is 2.46. The van der Waals surface area contributed by atoms with Gasteiger partial charge in [0.2, 0.25) is 15.9 Å². The summed E-state index contributed by atoms with van der Waals surface area (Å²) in [5.74, 6) is -1.22. The largest absolute Gasteiger partial charge is 0.294 e. The molecule has 8 nitrogen and oxygen atoms in total. The molecule has 2 aromatic rings. The Balaban J connectivity index is 1.47. The molecule has 1 saturated heterocycles. The molecular formula is C23H27N3O5S. The summed E-state index contributed by atoms with van der Waals surface area (Å²) in [5.41, 5.74) is 6.44. The van der Waals surface area contributed by atoms with Gasteiger partial charge in [-0.1, -0.05) is 31.2 Å². The van der Waals surface area contributed by atoms with Gasteiger partial charge in [-0.05, 0) is 49.1 Å². The van der Waals surface area contributed by atoms with Crippen LogP contribution in [0.15, 0.2) is 53.4 Å². The third kappa shape index (κ3) is 5.80. The minimum atomic E-state index is -3.55. The van der Waals surface area contributed by atoms with E-state index in [2.05, 4.69) is 10.9 Å². The molecule has 3 rings (SSSR count). The summed E-state index contributed by atoms with van der Waals surface area (Å²) < 4.78 is 26.5. The molecule has 2 N–H and O–H groups in total. The maximum absolute atomic E-state index is 12.5. The highest BCUT2D eigenvalue weighted by Gasteiger charge is 2.27. The number of amides is 2. The second kappa shape index (κ2) is 10.5. The predicted molar refractivity (Wildman–Crippen MR) is 119 cm³/mol. The van der Waals surface area contributed by atoms with Crippen molar-refractivity contribution < 1.29 is 22.8 Å². The van der Waals surface area contributed by atoms with Gasteiger partial charge in [0.25, 0.3) is 5.91 Å². The first-order valence-electron chi connectivity index (χ1n) is 10.6. The molecule has 0 radical (unpaired) electrons. The van der Waals surface area contributed by atoms with Gasteiger partial charge in [-0.15, -0.1) is 0 Å². The van der Waals surface area contributed by atoms with Crippen LogP contribution in [0.25, 0.3) is 0 Å². The average Bonchev–Trinajstić information content (AvgIpc) is 3.37. The Kier molecular flexibility index (Phi) is 7.76. The fourth-order valence-corrected chi connectivity index (χ4v) is 4.93. The van der Waals surface area contributed by atoms with E-state index >= 15 is 0 Å². The molecule has 0 unspecified atom stereocenters. The number of carbonyl (C=O) groups is 3. The minimum absolute atomic E-state index is 0.0240. The number of nitrogens with one attached hydrogen (secondary N) is 2. The van der Waals surface area contributed by atoms with Crippen LogP contribution in [0.2, 0.25) is 0 Å². The smallest absolute Gasteiger partial charge is 0.269 e. The van der Waals surface area contributed by atoms with Crippen LogP contribution in [-0.2, 0) is 21.2 Å². The molecule has 0 spiro atoms. The first-order valence-corrected chi connectivity index (χ1v) is 12.1. The zero-order chi connectivity index (χ0) is 23.1. The number of rotatable bonds is 8. The van der Waals surface area contributed by atoms with Crippen molar-refractivity contribution in [1.82, 2.24) is 15.2 Å². The van der Waals surface area contributed by atoms with Gasteiger partial charge in [0.15, 0.2) is 5.78 Å². The molecule has 170 valence electrons. The number of nitrogens with zero attached hydrogens (tertiary/aromatic N) is 1. The number of sulfonamides is 1. The number of carbonyl (C=O) groups excluding carboxylic acids is 3. The normalized spacial score (nSPS) is 14.2. The molecule has 1 heterocycles. The maximum atomic E-state index is 12.5. The topological polar surface area (TPSA) is 113 Å². The van der Waals surface area contributed by atoms with E-state index < -0.39 is 21.8 Å². The monoisotopic (exact) mass is 457 g/mol. The molecule has 9 heteroatoms. The molecule has 0 aromatic heterocycles. The fraction of sp³-hybridized carbons (Fsp3) is 0.348. The molecule has 1 aliphatic rings. The van der Waals surface area contributed by atoms with Crippen LogP contribution in [0.3, 0.4) is 0 Å². The molecule has 2 aromatic carbocycles. The summed E-state index contributed by atoms with van der Waals surface area (Å²) in [5, 5.41) is 0. The lowest BCUT2D eigenvalue weighted by atomic mass is 10.0. The Labute approximate surface area is 188 Å². The van der Waals surface area contributed by atoms with Gasteiger partial charge >= 0.3 is 0 Å². The number of hydrogen-bond donors (Lipinski definition) is 2. The van der Waals surface area contributed by atoms with Crippen molar-refractivity contribution in [2.75, 3.05) is 13.1 Å². The zero-order valence-electron chi connectivity index (χ0n) is 18.0. The lowest BCUT2D eigenvalue weighted by Crippen LogP contribution is -2.41. The summed E-state index contributed by atoms with van der Waals surface area (Å²) in [6.45, 7) is 3.03. The van der Waals surface area contributed by atoms with Crippen molar-refractivity contribution in [2.45, 2.75) is 43.9 Å². The first-order chi connectivity index (χ1) is 15.3. The molecular weight excluding hydrogens is 430 g/mol. The summed E-state index contributed by atoms with van der Waals surface area (Å²) >= 11 is 0.